The summed E-state index contributed by atoms with van der Waals surface area (Å²) in [5, 5.41) is 10.9. The first-order valence-electron chi connectivity index (χ1n) is 6.85. The summed E-state index contributed by atoms with van der Waals surface area (Å²) >= 11 is 9.36. The van der Waals surface area contributed by atoms with E-state index in [0.29, 0.717) is 24.5 Å². The molecule has 21 heavy (non-hydrogen) atoms. The standard InChI is InChI=1S/C14H19BrClNO3S/c1-21(19,20)17-6-2-3-10(9-17)7-14(18)11-4-5-12(15)13(16)8-11/h4-5,8,10,14,18H,2-3,6-7,9H2,1H3. The molecule has 2 atom stereocenters. The Morgan fingerprint density at radius 2 is 2.24 bits per heavy atom. The molecule has 1 aromatic rings. The SMILES string of the molecule is CS(=O)(=O)N1CCCC(CC(O)c2ccc(Br)c(Cl)c2)C1. The van der Waals surface area contributed by atoms with Crippen LogP contribution in [0.15, 0.2) is 22.7 Å². The second kappa shape index (κ2) is 6.96. The van der Waals surface area contributed by atoms with Gasteiger partial charge in [0.1, 0.15) is 0 Å². The summed E-state index contributed by atoms with van der Waals surface area (Å²) in [4.78, 5) is 0. The molecule has 2 rings (SSSR count). The van der Waals surface area contributed by atoms with Gasteiger partial charge < -0.3 is 5.11 Å². The molecule has 1 heterocycles. The van der Waals surface area contributed by atoms with Gasteiger partial charge in [-0.05, 0) is 58.8 Å². The third-order valence-electron chi connectivity index (χ3n) is 3.84. The van der Waals surface area contributed by atoms with Gasteiger partial charge in [0, 0.05) is 17.6 Å². The van der Waals surface area contributed by atoms with E-state index in [0.717, 1.165) is 22.9 Å². The third-order valence-corrected chi connectivity index (χ3v) is 6.34. The lowest BCUT2D eigenvalue weighted by molar-refractivity contribution is 0.123. The van der Waals surface area contributed by atoms with Gasteiger partial charge in [0.15, 0.2) is 0 Å². The van der Waals surface area contributed by atoms with E-state index in [1.165, 1.54) is 10.6 Å². The number of rotatable bonds is 4. The van der Waals surface area contributed by atoms with Gasteiger partial charge in [-0.25, -0.2) is 12.7 Å². The van der Waals surface area contributed by atoms with Crippen molar-refractivity contribution in [3.05, 3.63) is 33.3 Å². The van der Waals surface area contributed by atoms with E-state index >= 15 is 0 Å². The van der Waals surface area contributed by atoms with Crippen molar-refractivity contribution in [2.45, 2.75) is 25.4 Å². The average Bonchev–Trinajstić information content (AvgIpc) is 2.41. The quantitative estimate of drug-likeness (QED) is 0.850. The number of sulfonamides is 1. The smallest absolute Gasteiger partial charge is 0.211 e. The first-order chi connectivity index (χ1) is 9.77. The molecule has 0 amide bonds. The highest BCUT2D eigenvalue weighted by atomic mass is 79.9. The van der Waals surface area contributed by atoms with Gasteiger partial charge in [0.2, 0.25) is 10.0 Å². The molecule has 1 aliphatic heterocycles. The predicted molar refractivity (Wildman–Crippen MR) is 87.9 cm³/mol. The van der Waals surface area contributed by atoms with E-state index in [1.54, 1.807) is 6.07 Å². The Bertz CT molecular complexity index is 608. The van der Waals surface area contributed by atoms with E-state index < -0.39 is 16.1 Å². The summed E-state index contributed by atoms with van der Waals surface area (Å²) in [6, 6.07) is 5.38. The Kier molecular flexibility index (Phi) is 5.71. The highest BCUT2D eigenvalue weighted by molar-refractivity contribution is 9.10. The summed E-state index contributed by atoms with van der Waals surface area (Å²) in [5.41, 5.74) is 0.764. The van der Waals surface area contributed by atoms with Gasteiger partial charge in [-0.3, -0.25) is 0 Å². The van der Waals surface area contributed by atoms with Crippen LogP contribution in [0.25, 0.3) is 0 Å². The largest absolute Gasteiger partial charge is 0.388 e. The number of hydrogen-bond acceptors (Lipinski definition) is 3. The van der Waals surface area contributed by atoms with E-state index in [-0.39, 0.29) is 5.92 Å². The zero-order valence-electron chi connectivity index (χ0n) is 11.8. The molecule has 2 unspecified atom stereocenters. The van der Waals surface area contributed by atoms with Crippen LogP contribution in [0.2, 0.25) is 5.02 Å². The predicted octanol–water partition coefficient (Wildman–Crippen LogP) is 3.20. The van der Waals surface area contributed by atoms with Gasteiger partial charge in [0.05, 0.1) is 17.4 Å². The topological polar surface area (TPSA) is 57.6 Å². The van der Waals surface area contributed by atoms with Crippen LogP contribution in [0.5, 0.6) is 0 Å². The molecule has 0 radical (unpaired) electrons. The van der Waals surface area contributed by atoms with Crippen LogP contribution in [0.4, 0.5) is 0 Å². The maximum absolute atomic E-state index is 11.6. The molecule has 1 saturated heterocycles. The maximum Gasteiger partial charge on any atom is 0.211 e. The lowest BCUT2D eigenvalue weighted by atomic mass is 9.91. The monoisotopic (exact) mass is 395 g/mol. The fourth-order valence-corrected chi connectivity index (χ4v) is 4.07. The van der Waals surface area contributed by atoms with Crippen LogP contribution in [-0.4, -0.2) is 37.2 Å². The van der Waals surface area contributed by atoms with E-state index in [9.17, 15) is 13.5 Å². The van der Waals surface area contributed by atoms with Gasteiger partial charge in [-0.15, -0.1) is 0 Å². The minimum atomic E-state index is -3.15. The number of piperidine rings is 1. The lowest BCUT2D eigenvalue weighted by Crippen LogP contribution is -2.39. The summed E-state index contributed by atoms with van der Waals surface area (Å²) in [6.45, 7) is 1.07. The van der Waals surface area contributed by atoms with Crippen LogP contribution in [0, 0.1) is 5.92 Å². The summed E-state index contributed by atoms with van der Waals surface area (Å²) in [5.74, 6) is 0.172. The Morgan fingerprint density at radius 3 is 2.86 bits per heavy atom. The van der Waals surface area contributed by atoms with Crippen molar-refractivity contribution in [3.8, 4) is 0 Å². The Labute approximate surface area is 139 Å². The molecule has 1 aromatic carbocycles. The van der Waals surface area contributed by atoms with E-state index in [2.05, 4.69) is 15.9 Å². The molecule has 118 valence electrons. The lowest BCUT2D eigenvalue weighted by Gasteiger charge is -2.32. The van der Waals surface area contributed by atoms with Gasteiger partial charge in [-0.2, -0.15) is 0 Å². The second-order valence-electron chi connectivity index (χ2n) is 5.55. The fraction of sp³-hybridized carbons (Fsp3) is 0.571. The van der Waals surface area contributed by atoms with Crippen molar-refractivity contribution in [1.29, 1.82) is 0 Å². The molecule has 0 saturated carbocycles. The summed E-state index contributed by atoms with van der Waals surface area (Å²) in [6.07, 6.45) is 2.93. The number of nitrogens with zero attached hydrogens (tertiary/aromatic N) is 1. The van der Waals surface area contributed by atoms with E-state index in [1.807, 2.05) is 12.1 Å². The molecule has 0 spiro atoms. The molecular weight excluding hydrogens is 378 g/mol. The van der Waals surface area contributed by atoms with Crippen molar-refractivity contribution in [2.24, 2.45) is 5.92 Å². The maximum atomic E-state index is 11.6. The van der Waals surface area contributed by atoms with Crippen LogP contribution >= 0.6 is 27.5 Å². The second-order valence-corrected chi connectivity index (χ2v) is 8.80. The molecular formula is C14H19BrClNO3S. The first kappa shape index (κ1) is 17.2. The molecule has 7 heteroatoms. The summed E-state index contributed by atoms with van der Waals surface area (Å²) in [7, 11) is -3.15. The minimum Gasteiger partial charge on any atom is -0.388 e. The first-order valence-corrected chi connectivity index (χ1v) is 9.87. The molecule has 1 aliphatic rings. The van der Waals surface area contributed by atoms with Crippen LogP contribution in [0.1, 0.15) is 30.9 Å². The van der Waals surface area contributed by atoms with Crippen molar-refractivity contribution < 1.29 is 13.5 Å². The van der Waals surface area contributed by atoms with Gasteiger partial charge in [0.25, 0.3) is 0 Å². The highest BCUT2D eigenvalue weighted by Crippen LogP contribution is 2.31. The molecule has 1 fully saturated rings. The summed E-state index contributed by atoms with van der Waals surface area (Å²) < 4.78 is 25.5. The van der Waals surface area contributed by atoms with Crippen molar-refractivity contribution in [3.63, 3.8) is 0 Å². The van der Waals surface area contributed by atoms with Crippen molar-refractivity contribution >= 4 is 37.6 Å². The fourth-order valence-electron chi connectivity index (χ4n) is 2.69. The van der Waals surface area contributed by atoms with Crippen LogP contribution in [0.3, 0.4) is 0 Å². The minimum absolute atomic E-state index is 0.172. The molecule has 0 bridgehead atoms. The Hall–Kier alpha value is -0.140. The third kappa shape index (κ3) is 4.66. The number of aliphatic hydroxyl groups is 1. The van der Waals surface area contributed by atoms with Crippen LogP contribution in [-0.2, 0) is 10.0 Å². The van der Waals surface area contributed by atoms with Crippen molar-refractivity contribution in [2.75, 3.05) is 19.3 Å². The van der Waals surface area contributed by atoms with Crippen LogP contribution < -0.4 is 0 Å². The van der Waals surface area contributed by atoms with Gasteiger partial charge >= 0.3 is 0 Å². The Morgan fingerprint density at radius 1 is 1.52 bits per heavy atom. The molecule has 0 aliphatic carbocycles. The number of hydrogen-bond donors (Lipinski definition) is 1. The number of benzene rings is 1. The number of halogens is 2. The number of aliphatic hydroxyl groups excluding tert-OH is 1. The van der Waals surface area contributed by atoms with Gasteiger partial charge in [-0.1, -0.05) is 17.7 Å². The van der Waals surface area contributed by atoms with Crippen molar-refractivity contribution in [1.82, 2.24) is 4.31 Å². The average molecular weight is 397 g/mol. The Balaban J connectivity index is 2.02. The zero-order valence-corrected chi connectivity index (χ0v) is 15.0. The highest BCUT2D eigenvalue weighted by Gasteiger charge is 2.27. The molecule has 0 aromatic heterocycles. The van der Waals surface area contributed by atoms with E-state index in [4.69, 9.17) is 11.6 Å². The molecule has 1 N–H and O–H groups in total. The zero-order chi connectivity index (χ0) is 15.6. The molecule has 4 nitrogen and oxygen atoms in total. The normalized spacial score (nSPS) is 22.2.